The molecule has 0 aliphatic rings. The zero-order valence-corrected chi connectivity index (χ0v) is 10.5. The van der Waals surface area contributed by atoms with E-state index in [1.807, 2.05) is 55.0 Å². The van der Waals surface area contributed by atoms with Crippen LogP contribution in [0.25, 0.3) is 0 Å². The smallest absolute Gasteiger partial charge is 0.0939 e. The number of rotatable bonds is 2. The van der Waals surface area contributed by atoms with Crippen LogP contribution in [0.15, 0.2) is 73.3 Å². The summed E-state index contributed by atoms with van der Waals surface area (Å²) in [5, 5.41) is 0. The van der Waals surface area contributed by atoms with Crippen molar-refractivity contribution < 1.29 is 17.1 Å². The Kier molecular flexibility index (Phi) is 6.08. The van der Waals surface area contributed by atoms with Gasteiger partial charge in [-0.2, -0.15) is 12.1 Å². The molecule has 0 unspecified atom stereocenters. The van der Waals surface area contributed by atoms with Crippen molar-refractivity contribution in [3.8, 4) is 0 Å². The van der Waals surface area contributed by atoms with Gasteiger partial charge in [0.05, 0.1) is 6.33 Å². The minimum atomic E-state index is 0. The Bertz CT molecular complexity index is 403. The molecule has 0 radical (unpaired) electrons. The zero-order valence-electron chi connectivity index (χ0n) is 9.38. The second-order valence-electron chi connectivity index (χ2n) is 3.49. The molecule has 1 heterocycles. The number of imidazole rings is 1. The van der Waals surface area contributed by atoms with E-state index < -0.39 is 0 Å². The van der Waals surface area contributed by atoms with Crippen molar-refractivity contribution in [1.29, 1.82) is 0 Å². The van der Waals surface area contributed by atoms with E-state index in [0.29, 0.717) is 0 Å². The fourth-order valence-corrected chi connectivity index (χ4v) is 1.43. The van der Waals surface area contributed by atoms with Gasteiger partial charge in [0.25, 0.3) is 0 Å². The van der Waals surface area contributed by atoms with Crippen molar-refractivity contribution in [2.75, 3.05) is 0 Å². The Hall–Kier alpha value is -1.57. The molecule has 3 aromatic rings. The van der Waals surface area contributed by atoms with E-state index in [-0.39, 0.29) is 17.1 Å². The Morgan fingerprint density at radius 3 is 2.06 bits per heavy atom. The van der Waals surface area contributed by atoms with E-state index >= 15 is 0 Å². The average Bonchev–Trinajstić information content (AvgIpc) is 3.05. The molecule has 0 aliphatic carbocycles. The molecule has 0 spiro atoms. The maximum atomic E-state index is 3.97. The maximum Gasteiger partial charge on any atom is 0.0939 e. The van der Waals surface area contributed by atoms with Gasteiger partial charge < -0.3 is 34.9 Å². The standard InChI is InChI=1S/C9H9N2.C5H5.Fe/c1-2-4-9(3-1)7-11-6-5-10-8-11;1-2-4-5-3-1;/h1-6,8H,7H2;1-5H;/q-1;-5;. The van der Waals surface area contributed by atoms with Crippen LogP contribution in [0.1, 0.15) is 5.56 Å². The number of hydrogen-bond donors (Lipinski definition) is 0. The third kappa shape index (κ3) is 4.85. The largest absolute Gasteiger partial charge is 0.748 e. The molecule has 94 valence electrons. The molecule has 0 atom stereocenters. The third-order valence-electron chi connectivity index (χ3n) is 2.21. The number of aromatic nitrogens is 2. The van der Waals surface area contributed by atoms with E-state index in [1.165, 1.54) is 5.56 Å². The second kappa shape index (κ2) is 7.66. The van der Waals surface area contributed by atoms with Gasteiger partial charge in [-0.3, -0.25) is 0 Å². The fraction of sp³-hybridized carbons (Fsp3) is 0.0714. The van der Waals surface area contributed by atoms with Crippen molar-refractivity contribution in [3.63, 3.8) is 0 Å². The minimum Gasteiger partial charge on any atom is -0.748 e. The van der Waals surface area contributed by atoms with E-state index in [9.17, 15) is 0 Å². The number of hydrogen-bond acceptors (Lipinski definition) is 1. The topological polar surface area (TPSA) is 17.8 Å². The molecule has 3 rings (SSSR count). The minimum absolute atomic E-state index is 0. The Morgan fingerprint density at radius 2 is 1.59 bits per heavy atom. The van der Waals surface area contributed by atoms with Crippen LogP contribution in [0.3, 0.4) is 0 Å². The average molecular weight is 266 g/mol. The summed E-state index contributed by atoms with van der Waals surface area (Å²) in [5.41, 5.74) is 1.32. The van der Waals surface area contributed by atoms with Gasteiger partial charge >= 0.3 is 0 Å². The molecule has 0 aliphatic heterocycles. The predicted molar refractivity (Wildman–Crippen MR) is 65.4 cm³/mol. The van der Waals surface area contributed by atoms with Crippen LogP contribution in [0, 0.1) is 0 Å². The van der Waals surface area contributed by atoms with E-state index in [4.69, 9.17) is 0 Å². The summed E-state index contributed by atoms with van der Waals surface area (Å²) < 4.78 is 2.05. The molecule has 0 saturated carbocycles. The first kappa shape index (κ1) is 13.5. The summed E-state index contributed by atoms with van der Waals surface area (Å²) in [7, 11) is 0. The molecule has 17 heavy (non-hydrogen) atoms. The second-order valence-corrected chi connectivity index (χ2v) is 3.49. The SMILES string of the molecule is [Fe].[cH-]1[cH-][cH-][cH-][cH-]1.c1cc[c-](Cn2ccnc2)c1. The van der Waals surface area contributed by atoms with Gasteiger partial charge in [-0.1, -0.05) is 0 Å². The summed E-state index contributed by atoms with van der Waals surface area (Å²) >= 11 is 0. The summed E-state index contributed by atoms with van der Waals surface area (Å²) in [6, 6.07) is 18.3. The predicted octanol–water partition coefficient (Wildman–Crippen LogP) is 3.05. The van der Waals surface area contributed by atoms with Crippen molar-refractivity contribution >= 4 is 0 Å². The van der Waals surface area contributed by atoms with Gasteiger partial charge in [0, 0.05) is 36.0 Å². The van der Waals surface area contributed by atoms with Crippen molar-refractivity contribution in [1.82, 2.24) is 9.55 Å². The molecule has 3 heteroatoms. The van der Waals surface area contributed by atoms with E-state index in [2.05, 4.69) is 21.7 Å². The van der Waals surface area contributed by atoms with Crippen LogP contribution in [0.2, 0.25) is 0 Å². The van der Waals surface area contributed by atoms with Gasteiger partial charge in [-0.05, 0) is 0 Å². The van der Waals surface area contributed by atoms with Crippen LogP contribution in [0.5, 0.6) is 0 Å². The first-order valence-corrected chi connectivity index (χ1v) is 5.28. The molecule has 0 bridgehead atoms. The molecule has 0 N–H and O–H groups in total. The van der Waals surface area contributed by atoms with Crippen LogP contribution in [-0.4, -0.2) is 9.55 Å². The number of nitrogens with zero attached hydrogens (tertiary/aromatic N) is 2. The summed E-state index contributed by atoms with van der Waals surface area (Å²) in [5.74, 6) is 0. The van der Waals surface area contributed by atoms with Crippen LogP contribution >= 0.6 is 0 Å². The van der Waals surface area contributed by atoms with Crippen molar-refractivity contribution in [2.24, 2.45) is 0 Å². The normalized spacial score (nSPS) is 8.94. The van der Waals surface area contributed by atoms with Crippen LogP contribution in [0.4, 0.5) is 0 Å². The summed E-state index contributed by atoms with van der Waals surface area (Å²) in [4.78, 5) is 3.97. The van der Waals surface area contributed by atoms with Gasteiger partial charge in [-0.25, -0.2) is 17.1 Å². The zero-order chi connectivity index (χ0) is 11.1. The maximum absolute atomic E-state index is 3.97. The van der Waals surface area contributed by atoms with Gasteiger partial charge in [0.1, 0.15) is 0 Å². The first-order valence-electron chi connectivity index (χ1n) is 5.28. The Labute approximate surface area is 112 Å². The van der Waals surface area contributed by atoms with Crippen molar-refractivity contribution in [2.45, 2.75) is 6.54 Å². The molecule has 1 aromatic heterocycles. The van der Waals surface area contributed by atoms with Crippen LogP contribution < -0.4 is 0 Å². The fourth-order valence-electron chi connectivity index (χ4n) is 1.43. The molecular weight excluding hydrogens is 252 g/mol. The van der Waals surface area contributed by atoms with Gasteiger partial charge in [0.15, 0.2) is 0 Å². The van der Waals surface area contributed by atoms with Gasteiger partial charge in [-0.15, -0.1) is 5.56 Å². The molecule has 0 saturated heterocycles. The third-order valence-corrected chi connectivity index (χ3v) is 2.21. The van der Waals surface area contributed by atoms with E-state index in [1.54, 1.807) is 6.20 Å². The van der Waals surface area contributed by atoms with Crippen LogP contribution in [-0.2, 0) is 23.6 Å². The molecule has 0 fully saturated rings. The molecule has 0 amide bonds. The van der Waals surface area contributed by atoms with Gasteiger partial charge in [0.2, 0.25) is 0 Å². The summed E-state index contributed by atoms with van der Waals surface area (Å²) in [6.45, 7) is 0.924. The Balaban J connectivity index is 0.000000205. The molecule has 2 nitrogen and oxygen atoms in total. The molecular formula is C14H14FeN2-6. The molecule has 2 aromatic carbocycles. The summed E-state index contributed by atoms with van der Waals surface area (Å²) in [6.07, 6.45) is 5.59. The quantitative estimate of drug-likeness (QED) is 0.515. The van der Waals surface area contributed by atoms with E-state index in [0.717, 1.165) is 6.54 Å². The Morgan fingerprint density at radius 1 is 1.00 bits per heavy atom. The van der Waals surface area contributed by atoms with Crippen molar-refractivity contribution in [3.05, 3.63) is 78.9 Å². The first-order chi connectivity index (χ1) is 7.95. The monoisotopic (exact) mass is 266 g/mol.